The zero-order chi connectivity index (χ0) is 10.1. The molecule has 74 valence electrons. The minimum Gasteiger partial charge on any atom is -0.296 e. The topological polar surface area (TPSA) is 46.2 Å². The molecule has 0 aromatic carbocycles. The van der Waals surface area contributed by atoms with Crippen LogP contribution in [0.15, 0.2) is 12.2 Å². The molecule has 0 aromatic rings. The summed E-state index contributed by atoms with van der Waals surface area (Å²) in [6.45, 7) is 2.04. The summed E-state index contributed by atoms with van der Waals surface area (Å²) in [7, 11) is 0. The van der Waals surface area contributed by atoms with E-state index >= 15 is 0 Å². The predicted octanol–water partition coefficient (Wildman–Crippen LogP) is 1.35. The Labute approximate surface area is 83.0 Å². The van der Waals surface area contributed by atoms with E-state index in [9.17, 15) is 9.59 Å². The molecule has 1 fully saturated rings. The molecule has 1 N–H and O–H groups in total. The summed E-state index contributed by atoms with van der Waals surface area (Å²) in [5, 5.41) is 2.14. The van der Waals surface area contributed by atoms with E-state index in [1.807, 2.05) is 18.7 Å². The number of amides is 2. The van der Waals surface area contributed by atoms with E-state index in [1.54, 1.807) is 0 Å². The van der Waals surface area contributed by atoms with Crippen molar-refractivity contribution in [3.05, 3.63) is 12.2 Å². The van der Waals surface area contributed by atoms with Crippen molar-refractivity contribution in [2.45, 2.75) is 19.8 Å². The lowest BCUT2D eigenvalue weighted by atomic mass is 10.4. The maximum absolute atomic E-state index is 10.1. The van der Waals surface area contributed by atoms with Gasteiger partial charge in [0, 0.05) is 18.6 Å². The van der Waals surface area contributed by atoms with Crippen LogP contribution in [0.1, 0.15) is 19.8 Å². The Morgan fingerprint density at radius 2 is 1.92 bits per heavy atom. The molecule has 1 aliphatic rings. The standard InChI is InChI=1S/C5H10S.C4H5NO2/c1-3-4-5-6-2;6-3-1-2-4(7)5-3/h3-4H,5H2,1-2H3;1-2H2,(H,5,6,7). The van der Waals surface area contributed by atoms with E-state index in [0.717, 1.165) is 5.75 Å². The SMILES string of the molecule is CC=CCSC.O=C1CCC(=O)N1. The van der Waals surface area contributed by atoms with Crippen LogP contribution in [0.4, 0.5) is 0 Å². The molecule has 1 aliphatic heterocycles. The third-order valence-electron chi connectivity index (χ3n) is 1.36. The van der Waals surface area contributed by atoms with Crippen LogP contribution in [0.25, 0.3) is 0 Å². The van der Waals surface area contributed by atoms with Gasteiger partial charge in [-0.25, -0.2) is 0 Å². The summed E-state index contributed by atoms with van der Waals surface area (Å²) in [6, 6.07) is 0. The zero-order valence-corrected chi connectivity index (χ0v) is 8.82. The van der Waals surface area contributed by atoms with Crippen LogP contribution in [0.2, 0.25) is 0 Å². The van der Waals surface area contributed by atoms with Crippen molar-refractivity contribution in [3.8, 4) is 0 Å². The number of thioether (sulfide) groups is 1. The van der Waals surface area contributed by atoms with Crippen molar-refractivity contribution in [2.75, 3.05) is 12.0 Å². The van der Waals surface area contributed by atoms with E-state index < -0.39 is 0 Å². The first-order valence-electron chi connectivity index (χ1n) is 4.13. The van der Waals surface area contributed by atoms with Gasteiger partial charge in [0.1, 0.15) is 0 Å². The number of imide groups is 1. The molecule has 0 radical (unpaired) electrons. The third kappa shape index (κ3) is 7.59. The van der Waals surface area contributed by atoms with Gasteiger partial charge in [-0.1, -0.05) is 12.2 Å². The molecule has 1 saturated heterocycles. The second kappa shape index (κ2) is 7.86. The first-order chi connectivity index (χ1) is 6.20. The normalized spacial score (nSPS) is 15.5. The lowest BCUT2D eigenvalue weighted by molar-refractivity contribution is -0.124. The average molecular weight is 201 g/mol. The lowest BCUT2D eigenvalue weighted by Crippen LogP contribution is -2.18. The molecule has 0 unspecified atom stereocenters. The highest BCUT2D eigenvalue weighted by atomic mass is 32.2. The molecule has 0 aliphatic carbocycles. The lowest BCUT2D eigenvalue weighted by Gasteiger charge is -1.79. The molecule has 0 spiro atoms. The van der Waals surface area contributed by atoms with E-state index in [-0.39, 0.29) is 11.8 Å². The fourth-order valence-electron chi connectivity index (χ4n) is 0.700. The highest BCUT2D eigenvalue weighted by Gasteiger charge is 2.15. The summed E-state index contributed by atoms with van der Waals surface area (Å²) < 4.78 is 0. The molecule has 0 aromatic heterocycles. The van der Waals surface area contributed by atoms with Crippen molar-refractivity contribution in [2.24, 2.45) is 0 Å². The minimum absolute atomic E-state index is 0.148. The van der Waals surface area contributed by atoms with Gasteiger partial charge in [-0.05, 0) is 13.2 Å². The molecule has 3 nitrogen and oxygen atoms in total. The molecule has 0 saturated carbocycles. The quantitative estimate of drug-likeness (QED) is 0.542. The first kappa shape index (κ1) is 12.2. The van der Waals surface area contributed by atoms with Crippen molar-refractivity contribution in [1.29, 1.82) is 0 Å². The van der Waals surface area contributed by atoms with E-state index in [1.165, 1.54) is 0 Å². The molecular weight excluding hydrogens is 186 g/mol. The van der Waals surface area contributed by atoms with Crippen LogP contribution in [0.5, 0.6) is 0 Å². The Kier molecular flexibility index (Phi) is 7.39. The second-order valence-electron chi connectivity index (χ2n) is 2.50. The number of nitrogens with one attached hydrogen (secondary N) is 1. The van der Waals surface area contributed by atoms with Gasteiger partial charge >= 0.3 is 0 Å². The number of hydrogen-bond acceptors (Lipinski definition) is 3. The minimum atomic E-state index is -0.148. The van der Waals surface area contributed by atoms with Gasteiger partial charge in [-0.15, -0.1) is 0 Å². The van der Waals surface area contributed by atoms with Crippen LogP contribution in [0, 0.1) is 0 Å². The van der Waals surface area contributed by atoms with Crippen molar-refractivity contribution < 1.29 is 9.59 Å². The number of rotatable bonds is 2. The number of carbonyl (C=O) groups is 2. The average Bonchev–Trinajstić information content (AvgIpc) is 2.47. The zero-order valence-electron chi connectivity index (χ0n) is 8.00. The second-order valence-corrected chi connectivity index (χ2v) is 3.41. The van der Waals surface area contributed by atoms with Gasteiger partial charge in [0.25, 0.3) is 0 Å². The van der Waals surface area contributed by atoms with Gasteiger partial charge in [-0.2, -0.15) is 11.8 Å². The summed E-state index contributed by atoms with van der Waals surface area (Å²) in [5.74, 6) is 0.853. The Balaban J connectivity index is 0.000000226. The monoisotopic (exact) mass is 201 g/mol. The van der Waals surface area contributed by atoms with Crippen LogP contribution in [-0.2, 0) is 9.59 Å². The third-order valence-corrected chi connectivity index (χ3v) is 1.88. The molecular formula is C9H15NO2S. The molecule has 1 heterocycles. The fourth-order valence-corrected chi connectivity index (χ4v) is 1.08. The smallest absolute Gasteiger partial charge is 0.227 e. The summed E-state index contributed by atoms with van der Waals surface area (Å²) in [4.78, 5) is 20.2. The fraction of sp³-hybridized carbons (Fsp3) is 0.556. The largest absolute Gasteiger partial charge is 0.296 e. The molecule has 2 amide bonds. The summed E-state index contributed by atoms with van der Waals surface area (Å²) in [6.07, 6.45) is 7.05. The van der Waals surface area contributed by atoms with E-state index in [2.05, 4.69) is 23.7 Å². The number of allylic oxidation sites excluding steroid dienone is 1. The molecule has 0 bridgehead atoms. The highest BCUT2D eigenvalue weighted by molar-refractivity contribution is 7.98. The van der Waals surface area contributed by atoms with Gasteiger partial charge in [0.2, 0.25) is 11.8 Å². The molecule has 4 heteroatoms. The number of carbonyl (C=O) groups excluding carboxylic acids is 2. The highest BCUT2D eigenvalue weighted by Crippen LogP contribution is 1.95. The van der Waals surface area contributed by atoms with Gasteiger partial charge in [-0.3, -0.25) is 14.9 Å². The number of hydrogen-bond donors (Lipinski definition) is 1. The molecule has 13 heavy (non-hydrogen) atoms. The van der Waals surface area contributed by atoms with Crippen LogP contribution in [0.3, 0.4) is 0 Å². The molecule has 1 rings (SSSR count). The van der Waals surface area contributed by atoms with Crippen LogP contribution >= 0.6 is 11.8 Å². The Hall–Kier alpha value is -0.770. The predicted molar refractivity (Wildman–Crippen MR) is 55.6 cm³/mol. The van der Waals surface area contributed by atoms with Gasteiger partial charge in [0.15, 0.2) is 0 Å². The Bertz CT molecular complexity index is 188. The van der Waals surface area contributed by atoms with Crippen LogP contribution < -0.4 is 5.32 Å². The summed E-state index contributed by atoms with van der Waals surface area (Å²) in [5.41, 5.74) is 0. The first-order valence-corrected chi connectivity index (χ1v) is 5.53. The van der Waals surface area contributed by atoms with Crippen molar-refractivity contribution in [3.63, 3.8) is 0 Å². The van der Waals surface area contributed by atoms with Gasteiger partial charge in [0.05, 0.1) is 0 Å². The summed E-state index contributed by atoms with van der Waals surface area (Å²) >= 11 is 1.84. The maximum Gasteiger partial charge on any atom is 0.227 e. The maximum atomic E-state index is 10.1. The Morgan fingerprint density at radius 1 is 1.38 bits per heavy atom. The van der Waals surface area contributed by atoms with E-state index in [0.29, 0.717) is 12.8 Å². The molecule has 0 atom stereocenters. The van der Waals surface area contributed by atoms with Crippen molar-refractivity contribution in [1.82, 2.24) is 5.32 Å². The van der Waals surface area contributed by atoms with E-state index in [4.69, 9.17) is 0 Å². The Morgan fingerprint density at radius 3 is 2.08 bits per heavy atom. The van der Waals surface area contributed by atoms with Crippen molar-refractivity contribution >= 4 is 23.6 Å². The van der Waals surface area contributed by atoms with Gasteiger partial charge < -0.3 is 0 Å². The van der Waals surface area contributed by atoms with Crippen LogP contribution in [-0.4, -0.2) is 23.8 Å².